The third-order valence-corrected chi connectivity index (χ3v) is 4.64. The van der Waals surface area contributed by atoms with Gasteiger partial charge in [-0.2, -0.15) is 0 Å². The number of hydrogen-bond donors (Lipinski definition) is 1. The fourth-order valence-electron chi connectivity index (χ4n) is 2.76. The molecule has 0 aliphatic rings. The Bertz CT molecular complexity index is 655. The van der Waals surface area contributed by atoms with Crippen molar-refractivity contribution < 1.29 is 9.90 Å². The second-order valence-electron chi connectivity index (χ2n) is 5.71. The molecule has 24 heavy (non-hydrogen) atoms. The van der Waals surface area contributed by atoms with Crippen molar-refractivity contribution in [3.8, 4) is 0 Å². The predicted molar refractivity (Wildman–Crippen MR) is 101 cm³/mol. The number of alkyl halides is 2. The highest BCUT2D eigenvalue weighted by atomic mass is 35.5. The van der Waals surface area contributed by atoms with Crippen LogP contribution in [0.15, 0.2) is 54.6 Å². The SMILES string of the molecule is CC(C(=O)O)(c1ccccc1)c1ccc(N(CCCl)CCCl)cc1. The topological polar surface area (TPSA) is 40.5 Å². The van der Waals surface area contributed by atoms with Crippen LogP contribution in [0.5, 0.6) is 0 Å². The van der Waals surface area contributed by atoms with Crippen LogP contribution in [-0.2, 0) is 10.2 Å². The predicted octanol–water partition coefficient (Wildman–Crippen LogP) is 4.36. The van der Waals surface area contributed by atoms with Gasteiger partial charge in [-0.1, -0.05) is 42.5 Å². The summed E-state index contributed by atoms with van der Waals surface area (Å²) in [6.45, 7) is 3.12. The monoisotopic (exact) mass is 365 g/mol. The lowest BCUT2D eigenvalue weighted by atomic mass is 9.76. The van der Waals surface area contributed by atoms with Crippen LogP contribution in [0.4, 0.5) is 5.69 Å². The van der Waals surface area contributed by atoms with Crippen molar-refractivity contribution in [1.82, 2.24) is 0 Å². The summed E-state index contributed by atoms with van der Waals surface area (Å²) >= 11 is 11.7. The van der Waals surface area contributed by atoms with Crippen molar-refractivity contribution >= 4 is 34.9 Å². The minimum atomic E-state index is -1.09. The highest BCUT2D eigenvalue weighted by molar-refractivity contribution is 6.18. The van der Waals surface area contributed by atoms with Gasteiger partial charge in [0, 0.05) is 30.5 Å². The van der Waals surface area contributed by atoms with Crippen LogP contribution < -0.4 is 4.90 Å². The Morgan fingerprint density at radius 2 is 1.46 bits per heavy atom. The van der Waals surface area contributed by atoms with Gasteiger partial charge in [-0.3, -0.25) is 4.79 Å². The molecule has 0 saturated carbocycles. The Kier molecular flexibility index (Phi) is 6.52. The van der Waals surface area contributed by atoms with Crippen molar-refractivity contribution in [3.05, 3.63) is 65.7 Å². The highest BCUT2D eigenvalue weighted by Gasteiger charge is 2.37. The molecule has 0 saturated heterocycles. The number of hydrogen-bond acceptors (Lipinski definition) is 2. The minimum absolute atomic E-state index is 0.509. The van der Waals surface area contributed by atoms with Crippen LogP contribution in [0.2, 0.25) is 0 Å². The molecule has 2 aromatic rings. The molecular formula is C19H21Cl2NO2. The van der Waals surface area contributed by atoms with Gasteiger partial charge in [-0.25, -0.2) is 0 Å². The second-order valence-corrected chi connectivity index (χ2v) is 6.46. The van der Waals surface area contributed by atoms with E-state index in [9.17, 15) is 9.90 Å². The van der Waals surface area contributed by atoms with E-state index in [-0.39, 0.29) is 0 Å². The van der Waals surface area contributed by atoms with Crippen LogP contribution in [-0.4, -0.2) is 35.9 Å². The zero-order valence-corrected chi connectivity index (χ0v) is 15.1. The lowest BCUT2D eigenvalue weighted by Crippen LogP contribution is -2.34. The van der Waals surface area contributed by atoms with Gasteiger partial charge in [0.05, 0.1) is 0 Å². The van der Waals surface area contributed by atoms with Gasteiger partial charge in [0.15, 0.2) is 0 Å². The molecule has 2 aromatic carbocycles. The zero-order valence-electron chi connectivity index (χ0n) is 13.6. The van der Waals surface area contributed by atoms with Crippen LogP contribution >= 0.6 is 23.2 Å². The molecule has 0 aliphatic heterocycles. The van der Waals surface area contributed by atoms with E-state index in [0.717, 1.165) is 16.8 Å². The summed E-state index contributed by atoms with van der Waals surface area (Å²) in [7, 11) is 0. The molecule has 2 rings (SSSR count). The van der Waals surface area contributed by atoms with Crippen LogP contribution in [0.1, 0.15) is 18.1 Å². The van der Waals surface area contributed by atoms with E-state index in [1.165, 1.54) is 0 Å². The second kappa shape index (κ2) is 8.41. The maximum atomic E-state index is 12.0. The van der Waals surface area contributed by atoms with E-state index in [0.29, 0.717) is 24.8 Å². The van der Waals surface area contributed by atoms with E-state index >= 15 is 0 Å². The summed E-state index contributed by atoms with van der Waals surface area (Å²) in [6.07, 6.45) is 0. The van der Waals surface area contributed by atoms with Crippen LogP contribution in [0.25, 0.3) is 0 Å². The maximum absolute atomic E-state index is 12.0. The molecule has 0 aliphatic carbocycles. The molecular weight excluding hydrogens is 345 g/mol. The molecule has 0 amide bonds. The highest BCUT2D eigenvalue weighted by Crippen LogP contribution is 2.33. The smallest absolute Gasteiger partial charge is 0.318 e. The minimum Gasteiger partial charge on any atom is -0.480 e. The molecule has 0 heterocycles. The Balaban J connectivity index is 2.38. The quantitative estimate of drug-likeness (QED) is 0.706. The van der Waals surface area contributed by atoms with Crippen molar-refractivity contribution in [2.45, 2.75) is 12.3 Å². The summed E-state index contributed by atoms with van der Waals surface area (Å²) < 4.78 is 0. The number of nitrogens with zero attached hydrogens (tertiary/aromatic N) is 1. The summed E-state index contributed by atoms with van der Waals surface area (Å²) in [4.78, 5) is 14.1. The Morgan fingerprint density at radius 1 is 0.958 bits per heavy atom. The number of aliphatic carboxylic acids is 1. The van der Waals surface area contributed by atoms with Gasteiger partial charge < -0.3 is 10.0 Å². The van der Waals surface area contributed by atoms with Gasteiger partial charge >= 0.3 is 5.97 Å². The van der Waals surface area contributed by atoms with E-state index in [1.807, 2.05) is 54.6 Å². The first-order chi connectivity index (χ1) is 11.5. The van der Waals surface area contributed by atoms with Gasteiger partial charge in [0.25, 0.3) is 0 Å². The number of carboxylic acids is 1. The fraction of sp³-hybridized carbons (Fsp3) is 0.316. The van der Waals surface area contributed by atoms with Gasteiger partial charge in [-0.05, 0) is 30.2 Å². The van der Waals surface area contributed by atoms with E-state index in [4.69, 9.17) is 23.2 Å². The largest absolute Gasteiger partial charge is 0.480 e. The first-order valence-corrected chi connectivity index (χ1v) is 8.87. The third-order valence-electron chi connectivity index (χ3n) is 4.30. The number of carbonyl (C=O) groups is 1. The van der Waals surface area contributed by atoms with E-state index < -0.39 is 11.4 Å². The zero-order chi connectivity index (χ0) is 17.6. The molecule has 1 N–H and O–H groups in total. The van der Waals surface area contributed by atoms with Crippen LogP contribution in [0, 0.1) is 0 Å². The van der Waals surface area contributed by atoms with Crippen molar-refractivity contribution in [1.29, 1.82) is 0 Å². The maximum Gasteiger partial charge on any atom is 0.318 e. The molecule has 1 unspecified atom stereocenters. The number of halogens is 2. The first kappa shape index (κ1) is 18.6. The molecule has 0 bridgehead atoms. The fourth-order valence-corrected chi connectivity index (χ4v) is 3.17. The molecule has 0 radical (unpaired) electrons. The summed E-state index contributed by atoms with van der Waals surface area (Å²) in [5, 5.41) is 9.84. The van der Waals surface area contributed by atoms with Gasteiger partial charge in [0.2, 0.25) is 0 Å². The Morgan fingerprint density at radius 3 is 1.92 bits per heavy atom. The lowest BCUT2D eigenvalue weighted by molar-refractivity contribution is -0.141. The lowest BCUT2D eigenvalue weighted by Gasteiger charge is -2.28. The van der Waals surface area contributed by atoms with Crippen molar-refractivity contribution in [3.63, 3.8) is 0 Å². The van der Waals surface area contributed by atoms with Crippen LogP contribution in [0.3, 0.4) is 0 Å². The average molecular weight is 366 g/mol. The third kappa shape index (κ3) is 3.85. The number of rotatable bonds is 8. The average Bonchev–Trinajstić information content (AvgIpc) is 2.61. The Labute approximate surface area is 152 Å². The van der Waals surface area contributed by atoms with Gasteiger partial charge in [0.1, 0.15) is 5.41 Å². The molecule has 5 heteroatoms. The Hall–Kier alpha value is -1.71. The summed E-state index contributed by atoms with van der Waals surface area (Å²) in [5.41, 5.74) is 1.38. The molecule has 0 fully saturated rings. The normalized spacial score (nSPS) is 13.3. The van der Waals surface area contributed by atoms with Crippen molar-refractivity contribution in [2.75, 3.05) is 29.7 Å². The van der Waals surface area contributed by atoms with E-state index in [2.05, 4.69) is 4.90 Å². The molecule has 0 aromatic heterocycles. The molecule has 0 spiro atoms. The number of benzene rings is 2. The number of carboxylic acid groups (broad SMARTS) is 1. The molecule has 3 nitrogen and oxygen atoms in total. The molecule has 1 atom stereocenters. The summed E-state index contributed by atoms with van der Waals surface area (Å²) in [5.74, 6) is 0.144. The standard InChI is InChI=1S/C19H21Cl2NO2/c1-19(18(23)24,15-5-3-2-4-6-15)16-7-9-17(10-8-16)22(13-11-20)14-12-21/h2-10H,11-14H2,1H3,(H,23,24). The first-order valence-electron chi connectivity index (χ1n) is 7.80. The van der Waals surface area contributed by atoms with Gasteiger partial charge in [-0.15, -0.1) is 23.2 Å². The van der Waals surface area contributed by atoms with E-state index in [1.54, 1.807) is 6.92 Å². The number of anilines is 1. The summed E-state index contributed by atoms with van der Waals surface area (Å²) in [6, 6.07) is 16.9. The van der Waals surface area contributed by atoms with Crippen molar-refractivity contribution in [2.24, 2.45) is 0 Å². The molecule has 128 valence electrons.